The minimum Gasteiger partial charge on any atom is -0.351 e. The standard InChI is InChI=1S/C16H20N2O/c1-3-17-11-16(19)18-10-13-5-7-14-8-12(2)4-6-15(14)9-13/h4-9,17H,3,10-11H2,1-2H3,(H,18,19). The van der Waals surface area contributed by atoms with Crippen molar-refractivity contribution in [1.82, 2.24) is 10.6 Å². The van der Waals surface area contributed by atoms with E-state index in [0.717, 1.165) is 12.1 Å². The first-order valence-electron chi connectivity index (χ1n) is 6.66. The molecule has 2 rings (SSSR count). The Labute approximate surface area is 114 Å². The Hall–Kier alpha value is -1.87. The van der Waals surface area contributed by atoms with Crippen LogP contribution < -0.4 is 10.6 Å². The third kappa shape index (κ3) is 3.80. The summed E-state index contributed by atoms with van der Waals surface area (Å²) in [5, 5.41) is 8.37. The Morgan fingerprint density at radius 3 is 2.63 bits per heavy atom. The molecule has 0 aliphatic carbocycles. The molecule has 0 saturated carbocycles. The van der Waals surface area contributed by atoms with Gasteiger partial charge < -0.3 is 10.6 Å². The quantitative estimate of drug-likeness (QED) is 0.862. The molecule has 2 aromatic rings. The van der Waals surface area contributed by atoms with E-state index in [0.29, 0.717) is 13.1 Å². The van der Waals surface area contributed by atoms with E-state index in [-0.39, 0.29) is 5.91 Å². The topological polar surface area (TPSA) is 41.1 Å². The predicted molar refractivity (Wildman–Crippen MR) is 79.1 cm³/mol. The monoisotopic (exact) mass is 256 g/mol. The Kier molecular flexibility index (Phi) is 4.53. The first kappa shape index (κ1) is 13.6. The molecule has 0 aliphatic heterocycles. The normalized spacial score (nSPS) is 10.6. The van der Waals surface area contributed by atoms with Crippen molar-refractivity contribution in [2.75, 3.05) is 13.1 Å². The number of likely N-dealkylation sites (N-methyl/N-ethyl adjacent to an activating group) is 1. The van der Waals surface area contributed by atoms with Crippen molar-refractivity contribution < 1.29 is 4.79 Å². The van der Waals surface area contributed by atoms with Crippen molar-refractivity contribution in [2.45, 2.75) is 20.4 Å². The predicted octanol–water partition coefficient (Wildman–Crippen LogP) is 2.37. The van der Waals surface area contributed by atoms with Crippen LogP contribution in [0.3, 0.4) is 0 Å². The summed E-state index contributed by atoms with van der Waals surface area (Å²) in [6.45, 7) is 5.84. The van der Waals surface area contributed by atoms with Gasteiger partial charge in [0.05, 0.1) is 6.54 Å². The van der Waals surface area contributed by atoms with E-state index < -0.39 is 0 Å². The van der Waals surface area contributed by atoms with Crippen molar-refractivity contribution >= 4 is 16.7 Å². The Morgan fingerprint density at radius 1 is 1.11 bits per heavy atom. The van der Waals surface area contributed by atoms with Gasteiger partial charge in [-0.2, -0.15) is 0 Å². The molecule has 0 saturated heterocycles. The first-order valence-corrected chi connectivity index (χ1v) is 6.66. The average Bonchev–Trinajstić information content (AvgIpc) is 2.42. The first-order chi connectivity index (χ1) is 9.19. The van der Waals surface area contributed by atoms with E-state index >= 15 is 0 Å². The molecule has 0 aliphatic rings. The number of nitrogens with one attached hydrogen (secondary N) is 2. The Morgan fingerprint density at radius 2 is 1.84 bits per heavy atom. The molecule has 0 aromatic heterocycles. The van der Waals surface area contributed by atoms with Gasteiger partial charge in [0.15, 0.2) is 0 Å². The fourth-order valence-corrected chi connectivity index (χ4v) is 2.03. The third-order valence-electron chi connectivity index (χ3n) is 3.09. The summed E-state index contributed by atoms with van der Waals surface area (Å²) in [4.78, 5) is 11.5. The summed E-state index contributed by atoms with van der Waals surface area (Å²) >= 11 is 0. The zero-order valence-corrected chi connectivity index (χ0v) is 11.5. The fraction of sp³-hybridized carbons (Fsp3) is 0.312. The number of aryl methyl sites for hydroxylation is 1. The molecule has 3 nitrogen and oxygen atoms in total. The molecule has 1 amide bonds. The second-order valence-electron chi connectivity index (χ2n) is 4.74. The third-order valence-corrected chi connectivity index (χ3v) is 3.09. The molecule has 0 radical (unpaired) electrons. The number of fused-ring (bicyclic) bond motifs is 1. The van der Waals surface area contributed by atoms with E-state index in [1.165, 1.54) is 16.3 Å². The smallest absolute Gasteiger partial charge is 0.234 e. The van der Waals surface area contributed by atoms with Crippen LogP contribution in [-0.4, -0.2) is 19.0 Å². The lowest BCUT2D eigenvalue weighted by Crippen LogP contribution is -2.33. The summed E-state index contributed by atoms with van der Waals surface area (Å²) in [6, 6.07) is 12.7. The van der Waals surface area contributed by atoms with Crippen LogP contribution in [-0.2, 0) is 11.3 Å². The molecule has 0 atom stereocenters. The highest BCUT2D eigenvalue weighted by Gasteiger charge is 2.01. The van der Waals surface area contributed by atoms with Crippen LogP contribution in [0.4, 0.5) is 0 Å². The van der Waals surface area contributed by atoms with Gasteiger partial charge in [0, 0.05) is 6.54 Å². The van der Waals surface area contributed by atoms with Crippen molar-refractivity contribution in [2.24, 2.45) is 0 Å². The second kappa shape index (κ2) is 6.34. The van der Waals surface area contributed by atoms with Gasteiger partial charge in [0.1, 0.15) is 0 Å². The number of carbonyl (C=O) groups is 1. The van der Waals surface area contributed by atoms with Crippen molar-refractivity contribution in [3.63, 3.8) is 0 Å². The maximum Gasteiger partial charge on any atom is 0.234 e. The van der Waals surface area contributed by atoms with Crippen LogP contribution in [0.25, 0.3) is 10.8 Å². The Bertz CT molecular complexity index is 578. The molecule has 2 N–H and O–H groups in total. The highest BCUT2D eigenvalue weighted by Crippen LogP contribution is 2.17. The average molecular weight is 256 g/mol. The lowest BCUT2D eigenvalue weighted by Gasteiger charge is -2.07. The van der Waals surface area contributed by atoms with E-state index in [9.17, 15) is 4.79 Å². The van der Waals surface area contributed by atoms with Crippen LogP contribution in [0.1, 0.15) is 18.1 Å². The number of hydrogen-bond acceptors (Lipinski definition) is 2. The second-order valence-corrected chi connectivity index (χ2v) is 4.74. The zero-order valence-electron chi connectivity index (χ0n) is 11.5. The van der Waals surface area contributed by atoms with Gasteiger partial charge in [0.2, 0.25) is 5.91 Å². The molecule has 19 heavy (non-hydrogen) atoms. The molecule has 2 aromatic carbocycles. The van der Waals surface area contributed by atoms with Crippen molar-refractivity contribution in [3.8, 4) is 0 Å². The molecular weight excluding hydrogens is 236 g/mol. The van der Waals surface area contributed by atoms with Gasteiger partial charge in [-0.25, -0.2) is 0 Å². The van der Waals surface area contributed by atoms with Gasteiger partial charge >= 0.3 is 0 Å². The van der Waals surface area contributed by atoms with E-state index in [1.807, 2.05) is 6.92 Å². The summed E-state index contributed by atoms with van der Waals surface area (Å²) in [5.74, 6) is 0.0332. The minimum absolute atomic E-state index is 0.0332. The van der Waals surface area contributed by atoms with Gasteiger partial charge in [-0.15, -0.1) is 0 Å². The fourth-order valence-electron chi connectivity index (χ4n) is 2.03. The lowest BCUT2D eigenvalue weighted by molar-refractivity contribution is -0.120. The highest BCUT2D eigenvalue weighted by atomic mass is 16.1. The lowest BCUT2D eigenvalue weighted by atomic mass is 10.0. The molecule has 0 fully saturated rings. The van der Waals surface area contributed by atoms with E-state index in [4.69, 9.17) is 0 Å². The maximum atomic E-state index is 11.5. The molecule has 0 unspecified atom stereocenters. The Balaban J connectivity index is 2.01. The van der Waals surface area contributed by atoms with E-state index in [1.54, 1.807) is 0 Å². The summed E-state index contributed by atoms with van der Waals surface area (Å²) in [6.07, 6.45) is 0. The van der Waals surface area contributed by atoms with Crippen LogP contribution in [0, 0.1) is 6.92 Å². The van der Waals surface area contributed by atoms with Gasteiger partial charge in [-0.3, -0.25) is 4.79 Å². The maximum absolute atomic E-state index is 11.5. The molecule has 0 bridgehead atoms. The van der Waals surface area contributed by atoms with E-state index in [2.05, 4.69) is 54.0 Å². The molecule has 0 spiro atoms. The number of amides is 1. The largest absolute Gasteiger partial charge is 0.351 e. The number of rotatable bonds is 5. The number of hydrogen-bond donors (Lipinski definition) is 2. The summed E-state index contributed by atoms with van der Waals surface area (Å²) in [5.41, 5.74) is 2.39. The molecular formula is C16H20N2O. The van der Waals surface area contributed by atoms with Gasteiger partial charge in [0.25, 0.3) is 0 Å². The molecule has 100 valence electrons. The molecule has 3 heteroatoms. The molecule has 0 heterocycles. The number of carbonyl (C=O) groups excluding carboxylic acids is 1. The van der Waals surface area contributed by atoms with Crippen molar-refractivity contribution in [3.05, 3.63) is 47.5 Å². The van der Waals surface area contributed by atoms with Crippen LogP contribution >= 0.6 is 0 Å². The van der Waals surface area contributed by atoms with Crippen molar-refractivity contribution in [1.29, 1.82) is 0 Å². The van der Waals surface area contributed by atoms with Crippen LogP contribution in [0.2, 0.25) is 0 Å². The van der Waals surface area contributed by atoms with Crippen LogP contribution in [0.15, 0.2) is 36.4 Å². The minimum atomic E-state index is 0.0332. The highest BCUT2D eigenvalue weighted by molar-refractivity contribution is 5.84. The SMILES string of the molecule is CCNCC(=O)NCc1ccc2cc(C)ccc2c1. The summed E-state index contributed by atoms with van der Waals surface area (Å²) < 4.78 is 0. The van der Waals surface area contributed by atoms with Gasteiger partial charge in [-0.1, -0.05) is 42.8 Å². The summed E-state index contributed by atoms with van der Waals surface area (Å²) in [7, 11) is 0. The van der Waals surface area contributed by atoms with Crippen LogP contribution in [0.5, 0.6) is 0 Å². The zero-order chi connectivity index (χ0) is 13.7. The van der Waals surface area contributed by atoms with Gasteiger partial charge in [-0.05, 0) is 35.9 Å². The number of benzene rings is 2.